The lowest BCUT2D eigenvalue weighted by atomic mass is 9.99. The molecular weight excluding hydrogens is 300 g/mol. The van der Waals surface area contributed by atoms with E-state index in [2.05, 4.69) is 35.2 Å². The number of benzene rings is 2. The molecule has 2 aromatic carbocycles. The van der Waals surface area contributed by atoms with Gasteiger partial charge in [-0.2, -0.15) is 5.26 Å². The lowest BCUT2D eigenvalue weighted by Crippen LogP contribution is -2.34. The van der Waals surface area contributed by atoms with Crippen molar-refractivity contribution < 1.29 is 9.84 Å². The van der Waals surface area contributed by atoms with Crippen LogP contribution in [0.1, 0.15) is 23.5 Å². The molecule has 0 spiro atoms. The van der Waals surface area contributed by atoms with E-state index in [9.17, 15) is 5.11 Å². The zero-order chi connectivity index (χ0) is 16.8. The summed E-state index contributed by atoms with van der Waals surface area (Å²) in [6, 6.07) is 19.6. The first-order chi connectivity index (χ1) is 11.7. The molecule has 1 fully saturated rings. The molecule has 3 rings (SSSR count). The van der Waals surface area contributed by atoms with E-state index in [1.165, 1.54) is 5.56 Å². The van der Waals surface area contributed by atoms with Gasteiger partial charge in [-0.3, -0.25) is 0 Å². The van der Waals surface area contributed by atoms with Crippen molar-refractivity contribution in [3.63, 3.8) is 0 Å². The van der Waals surface area contributed by atoms with Gasteiger partial charge in [0.05, 0.1) is 11.6 Å². The molecule has 0 bridgehead atoms. The summed E-state index contributed by atoms with van der Waals surface area (Å²) in [5, 5.41) is 19.0. The van der Waals surface area contributed by atoms with E-state index in [4.69, 9.17) is 10.00 Å². The number of aliphatic hydroxyl groups excluding tert-OH is 1. The van der Waals surface area contributed by atoms with Gasteiger partial charge in [0.2, 0.25) is 0 Å². The second kappa shape index (κ2) is 7.96. The lowest BCUT2D eigenvalue weighted by Gasteiger charge is -2.20. The van der Waals surface area contributed by atoms with Crippen LogP contribution in [0.3, 0.4) is 0 Å². The van der Waals surface area contributed by atoms with Gasteiger partial charge in [-0.25, -0.2) is 0 Å². The zero-order valence-corrected chi connectivity index (χ0v) is 13.6. The monoisotopic (exact) mass is 322 g/mol. The average molecular weight is 322 g/mol. The van der Waals surface area contributed by atoms with Crippen LogP contribution in [0, 0.1) is 11.3 Å². The van der Waals surface area contributed by atoms with E-state index in [1.807, 2.05) is 6.07 Å². The SMILES string of the molecule is N#Cc1ccc(OC[C@@H](O)CN2CC[C@H](c3ccccc3)C2)cc1. The first kappa shape index (κ1) is 16.5. The highest BCUT2D eigenvalue weighted by atomic mass is 16.5. The van der Waals surface area contributed by atoms with E-state index >= 15 is 0 Å². The molecule has 2 atom stereocenters. The molecule has 0 amide bonds. The van der Waals surface area contributed by atoms with Crippen LogP contribution < -0.4 is 4.74 Å². The number of β-amino-alcohol motifs (C(OH)–C–C–N with tert-alkyl or cyclic N) is 1. The van der Waals surface area contributed by atoms with Crippen LogP contribution >= 0.6 is 0 Å². The van der Waals surface area contributed by atoms with Crippen LogP contribution in [0.25, 0.3) is 0 Å². The molecule has 1 N–H and O–H groups in total. The smallest absolute Gasteiger partial charge is 0.119 e. The minimum absolute atomic E-state index is 0.262. The Morgan fingerprint density at radius 2 is 1.92 bits per heavy atom. The Labute approximate surface area is 142 Å². The molecule has 1 aliphatic rings. The molecule has 0 aliphatic carbocycles. The summed E-state index contributed by atoms with van der Waals surface area (Å²) < 4.78 is 5.60. The number of nitriles is 1. The first-order valence-corrected chi connectivity index (χ1v) is 8.33. The molecule has 24 heavy (non-hydrogen) atoms. The maximum absolute atomic E-state index is 10.2. The summed E-state index contributed by atoms with van der Waals surface area (Å²) in [5.41, 5.74) is 1.98. The maximum atomic E-state index is 10.2. The third kappa shape index (κ3) is 4.35. The summed E-state index contributed by atoms with van der Waals surface area (Å²) in [4.78, 5) is 2.30. The second-order valence-electron chi connectivity index (χ2n) is 6.26. The quantitative estimate of drug-likeness (QED) is 0.888. The minimum atomic E-state index is -0.518. The van der Waals surface area contributed by atoms with Crippen LogP contribution in [0.5, 0.6) is 5.75 Å². The number of likely N-dealkylation sites (tertiary alicyclic amines) is 1. The van der Waals surface area contributed by atoms with E-state index < -0.39 is 6.10 Å². The van der Waals surface area contributed by atoms with E-state index in [1.54, 1.807) is 24.3 Å². The van der Waals surface area contributed by atoms with Gasteiger partial charge in [0.1, 0.15) is 18.5 Å². The molecule has 0 saturated carbocycles. The Bertz CT molecular complexity index is 679. The highest BCUT2D eigenvalue weighted by molar-refractivity contribution is 5.34. The molecule has 1 saturated heterocycles. The van der Waals surface area contributed by atoms with Crippen LogP contribution in [0.2, 0.25) is 0 Å². The Hall–Kier alpha value is -2.35. The minimum Gasteiger partial charge on any atom is -0.491 e. The Morgan fingerprint density at radius 1 is 1.17 bits per heavy atom. The molecule has 0 unspecified atom stereocenters. The van der Waals surface area contributed by atoms with Crippen LogP contribution in [0.4, 0.5) is 0 Å². The van der Waals surface area contributed by atoms with Gasteiger partial charge >= 0.3 is 0 Å². The third-order valence-electron chi connectivity index (χ3n) is 4.44. The van der Waals surface area contributed by atoms with Crippen LogP contribution in [-0.4, -0.2) is 42.4 Å². The molecular formula is C20H22N2O2. The highest BCUT2D eigenvalue weighted by Crippen LogP contribution is 2.26. The predicted octanol–water partition coefficient (Wildman–Crippen LogP) is 2.79. The van der Waals surface area contributed by atoms with Crippen molar-refractivity contribution in [1.82, 2.24) is 4.90 Å². The molecule has 4 heteroatoms. The van der Waals surface area contributed by atoms with Crippen molar-refractivity contribution in [2.75, 3.05) is 26.2 Å². The van der Waals surface area contributed by atoms with Gasteiger partial charge < -0.3 is 14.7 Å². The zero-order valence-electron chi connectivity index (χ0n) is 13.6. The number of aliphatic hydroxyl groups is 1. The lowest BCUT2D eigenvalue weighted by molar-refractivity contribution is 0.0754. The summed E-state index contributed by atoms with van der Waals surface area (Å²) in [6.07, 6.45) is 0.614. The number of hydrogen-bond acceptors (Lipinski definition) is 4. The van der Waals surface area contributed by atoms with Crippen LogP contribution in [0.15, 0.2) is 54.6 Å². The number of rotatable bonds is 6. The Kier molecular flexibility index (Phi) is 5.47. The molecule has 1 heterocycles. The summed E-state index contributed by atoms with van der Waals surface area (Å²) >= 11 is 0. The molecule has 2 aromatic rings. The van der Waals surface area contributed by atoms with Crippen molar-refractivity contribution >= 4 is 0 Å². The normalized spacial score (nSPS) is 18.9. The molecule has 0 aromatic heterocycles. The number of nitrogens with zero attached hydrogens (tertiary/aromatic N) is 2. The molecule has 1 aliphatic heterocycles. The van der Waals surface area contributed by atoms with Crippen molar-refractivity contribution in [2.45, 2.75) is 18.4 Å². The molecule has 124 valence electrons. The van der Waals surface area contributed by atoms with Crippen molar-refractivity contribution in [1.29, 1.82) is 5.26 Å². The Morgan fingerprint density at radius 3 is 2.62 bits per heavy atom. The van der Waals surface area contributed by atoms with E-state index in [-0.39, 0.29) is 6.61 Å². The van der Waals surface area contributed by atoms with Crippen molar-refractivity contribution in [3.05, 3.63) is 65.7 Å². The number of hydrogen-bond donors (Lipinski definition) is 1. The fourth-order valence-corrected chi connectivity index (χ4v) is 3.16. The fraction of sp³-hybridized carbons (Fsp3) is 0.350. The van der Waals surface area contributed by atoms with Gasteiger partial charge in [0.25, 0.3) is 0 Å². The molecule has 0 radical (unpaired) electrons. The summed E-state index contributed by atoms with van der Waals surface area (Å²) in [5.74, 6) is 1.23. The van der Waals surface area contributed by atoms with Crippen molar-refractivity contribution in [2.24, 2.45) is 0 Å². The number of ether oxygens (including phenoxy) is 1. The van der Waals surface area contributed by atoms with Gasteiger partial charge in [-0.05, 0) is 48.7 Å². The topological polar surface area (TPSA) is 56.5 Å². The predicted molar refractivity (Wildman–Crippen MR) is 92.9 cm³/mol. The van der Waals surface area contributed by atoms with Gasteiger partial charge in [-0.15, -0.1) is 0 Å². The van der Waals surface area contributed by atoms with Gasteiger partial charge in [0.15, 0.2) is 0 Å². The summed E-state index contributed by atoms with van der Waals surface area (Å²) in [6.45, 7) is 2.88. The molecule has 4 nitrogen and oxygen atoms in total. The summed E-state index contributed by atoms with van der Waals surface area (Å²) in [7, 11) is 0. The first-order valence-electron chi connectivity index (χ1n) is 8.33. The standard InChI is InChI=1S/C20H22N2O2/c21-12-16-6-8-20(9-7-16)24-15-19(23)14-22-11-10-18(13-22)17-4-2-1-3-5-17/h1-9,18-19,23H,10-11,13-15H2/t18-,19-/m0/s1. The van der Waals surface area contributed by atoms with Crippen molar-refractivity contribution in [3.8, 4) is 11.8 Å². The largest absolute Gasteiger partial charge is 0.491 e. The highest BCUT2D eigenvalue weighted by Gasteiger charge is 2.25. The second-order valence-corrected chi connectivity index (χ2v) is 6.26. The average Bonchev–Trinajstić information content (AvgIpc) is 3.09. The van der Waals surface area contributed by atoms with Gasteiger partial charge in [0, 0.05) is 13.1 Å². The van der Waals surface area contributed by atoms with Gasteiger partial charge in [-0.1, -0.05) is 30.3 Å². The maximum Gasteiger partial charge on any atom is 0.119 e. The van der Waals surface area contributed by atoms with E-state index in [0.717, 1.165) is 19.5 Å². The fourth-order valence-electron chi connectivity index (χ4n) is 3.16. The Balaban J connectivity index is 1.44. The third-order valence-corrected chi connectivity index (χ3v) is 4.44. The van der Waals surface area contributed by atoms with Crippen LogP contribution in [-0.2, 0) is 0 Å². The van der Waals surface area contributed by atoms with E-state index in [0.29, 0.717) is 23.8 Å².